The summed E-state index contributed by atoms with van der Waals surface area (Å²) in [6.45, 7) is 6.70. The Hall–Kier alpha value is -1.22. The lowest BCUT2D eigenvalue weighted by atomic mass is 9.86. The lowest BCUT2D eigenvalue weighted by molar-refractivity contribution is 0.0605. The van der Waals surface area contributed by atoms with Crippen molar-refractivity contribution in [2.45, 2.75) is 64.0 Å². The Balaban J connectivity index is 2.24. The molecule has 2 unspecified atom stereocenters. The van der Waals surface area contributed by atoms with E-state index in [-0.39, 0.29) is 5.41 Å². The zero-order valence-electron chi connectivity index (χ0n) is 14.0. The molecule has 1 aliphatic rings. The molecule has 0 radical (unpaired) electrons. The predicted octanol–water partition coefficient (Wildman–Crippen LogP) is 4.36. The van der Waals surface area contributed by atoms with Crippen LogP contribution < -0.4 is 10.1 Å². The molecule has 1 saturated carbocycles. The van der Waals surface area contributed by atoms with Crippen LogP contribution in [-0.2, 0) is 10.2 Å². The molecular formula is C18H29NO2. The highest BCUT2D eigenvalue weighted by Gasteiger charge is 2.26. The molecular weight excluding hydrogens is 262 g/mol. The third-order valence-electron chi connectivity index (χ3n) is 4.41. The maximum atomic E-state index is 5.64. The number of rotatable bonds is 4. The summed E-state index contributed by atoms with van der Waals surface area (Å²) >= 11 is 0. The van der Waals surface area contributed by atoms with Crippen molar-refractivity contribution < 1.29 is 9.47 Å². The van der Waals surface area contributed by atoms with Crippen molar-refractivity contribution >= 4 is 5.69 Å². The van der Waals surface area contributed by atoms with Crippen LogP contribution in [0.25, 0.3) is 0 Å². The molecule has 0 aliphatic heterocycles. The molecule has 0 aromatic heterocycles. The summed E-state index contributed by atoms with van der Waals surface area (Å²) in [4.78, 5) is 0. The van der Waals surface area contributed by atoms with Crippen molar-refractivity contribution in [2.24, 2.45) is 0 Å². The lowest BCUT2D eigenvalue weighted by Crippen LogP contribution is -2.37. The molecule has 2 atom stereocenters. The Kier molecular flexibility index (Phi) is 5.15. The summed E-state index contributed by atoms with van der Waals surface area (Å²) in [6.07, 6.45) is 5.10. The normalized spacial score (nSPS) is 22.9. The van der Waals surface area contributed by atoms with Gasteiger partial charge in [0, 0.05) is 7.11 Å². The Labute approximate surface area is 129 Å². The molecule has 2 rings (SSSR count). The van der Waals surface area contributed by atoms with Gasteiger partial charge in [-0.25, -0.2) is 0 Å². The van der Waals surface area contributed by atoms with Gasteiger partial charge in [-0.15, -0.1) is 0 Å². The molecule has 1 aromatic carbocycles. The van der Waals surface area contributed by atoms with Crippen LogP contribution in [0.1, 0.15) is 52.0 Å². The first-order valence-corrected chi connectivity index (χ1v) is 7.93. The van der Waals surface area contributed by atoms with E-state index in [1.807, 2.05) is 7.11 Å². The summed E-state index contributed by atoms with van der Waals surface area (Å²) in [5, 5.41) is 3.66. The van der Waals surface area contributed by atoms with E-state index in [1.54, 1.807) is 7.11 Å². The molecule has 0 heterocycles. The number of ether oxygens (including phenoxy) is 2. The molecule has 1 aromatic rings. The average Bonchev–Trinajstić information content (AvgIpc) is 2.47. The van der Waals surface area contributed by atoms with Crippen LogP contribution >= 0.6 is 0 Å². The summed E-state index contributed by atoms with van der Waals surface area (Å²) in [6, 6.07) is 6.81. The van der Waals surface area contributed by atoms with Gasteiger partial charge < -0.3 is 14.8 Å². The molecule has 118 valence electrons. The minimum Gasteiger partial charge on any atom is -0.495 e. The van der Waals surface area contributed by atoms with Crippen molar-refractivity contribution in [3.8, 4) is 5.75 Å². The summed E-state index contributed by atoms with van der Waals surface area (Å²) in [5.41, 5.74) is 2.53. The zero-order chi connectivity index (χ0) is 15.5. The van der Waals surface area contributed by atoms with Gasteiger partial charge in [-0.05, 0) is 36.0 Å². The van der Waals surface area contributed by atoms with Gasteiger partial charge in [0.15, 0.2) is 0 Å². The Morgan fingerprint density at radius 2 is 1.81 bits per heavy atom. The van der Waals surface area contributed by atoms with E-state index in [0.717, 1.165) is 24.3 Å². The Morgan fingerprint density at radius 3 is 2.43 bits per heavy atom. The van der Waals surface area contributed by atoms with Crippen molar-refractivity contribution in [1.82, 2.24) is 0 Å². The van der Waals surface area contributed by atoms with Gasteiger partial charge in [-0.2, -0.15) is 0 Å². The predicted molar refractivity (Wildman–Crippen MR) is 88.4 cm³/mol. The third kappa shape index (κ3) is 3.91. The number of methoxy groups -OCH3 is 2. The first kappa shape index (κ1) is 16.2. The fourth-order valence-electron chi connectivity index (χ4n) is 3.03. The lowest BCUT2D eigenvalue weighted by Gasteiger charge is -2.32. The van der Waals surface area contributed by atoms with E-state index in [9.17, 15) is 0 Å². The van der Waals surface area contributed by atoms with E-state index >= 15 is 0 Å². The maximum absolute atomic E-state index is 5.64. The van der Waals surface area contributed by atoms with Crippen molar-refractivity contribution in [2.75, 3.05) is 19.5 Å². The van der Waals surface area contributed by atoms with E-state index < -0.39 is 0 Å². The van der Waals surface area contributed by atoms with Gasteiger partial charge in [0.1, 0.15) is 5.75 Å². The van der Waals surface area contributed by atoms with Crippen LogP contribution in [0, 0.1) is 0 Å². The third-order valence-corrected chi connectivity index (χ3v) is 4.41. The zero-order valence-corrected chi connectivity index (χ0v) is 14.0. The fraction of sp³-hybridized carbons (Fsp3) is 0.667. The van der Waals surface area contributed by atoms with Gasteiger partial charge in [-0.3, -0.25) is 0 Å². The van der Waals surface area contributed by atoms with Crippen LogP contribution in [-0.4, -0.2) is 26.4 Å². The molecule has 0 saturated heterocycles. The number of benzene rings is 1. The monoisotopic (exact) mass is 291 g/mol. The summed E-state index contributed by atoms with van der Waals surface area (Å²) in [7, 11) is 3.54. The van der Waals surface area contributed by atoms with Crippen molar-refractivity contribution in [3.05, 3.63) is 23.8 Å². The first-order chi connectivity index (χ1) is 9.95. The Morgan fingerprint density at radius 1 is 1.10 bits per heavy atom. The second-order valence-electron chi connectivity index (χ2n) is 6.97. The van der Waals surface area contributed by atoms with Crippen molar-refractivity contribution in [3.63, 3.8) is 0 Å². The van der Waals surface area contributed by atoms with Crippen molar-refractivity contribution in [1.29, 1.82) is 0 Å². The smallest absolute Gasteiger partial charge is 0.141 e. The molecule has 0 spiro atoms. The minimum absolute atomic E-state index is 0.135. The van der Waals surface area contributed by atoms with Crippen LogP contribution in [0.5, 0.6) is 5.75 Å². The average molecular weight is 291 g/mol. The van der Waals surface area contributed by atoms with Crippen LogP contribution in [0.15, 0.2) is 18.2 Å². The minimum atomic E-state index is 0.135. The standard InChI is InChI=1S/C18H29NO2/c1-18(2,3)13-10-11-17(21-5)15(12-13)19-14-8-6-7-9-16(14)20-4/h10-12,14,16,19H,6-9H2,1-5H3. The molecule has 3 heteroatoms. The first-order valence-electron chi connectivity index (χ1n) is 7.93. The highest BCUT2D eigenvalue weighted by Crippen LogP contribution is 2.33. The van der Waals surface area contributed by atoms with Gasteiger partial charge >= 0.3 is 0 Å². The van der Waals surface area contributed by atoms with Gasteiger partial charge in [0.2, 0.25) is 0 Å². The van der Waals surface area contributed by atoms with Crippen LogP contribution in [0.2, 0.25) is 0 Å². The number of hydrogen-bond donors (Lipinski definition) is 1. The van der Waals surface area contributed by atoms with Gasteiger partial charge in [0.05, 0.1) is 24.9 Å². The second-order valence-corrected chi connectivity index (χ2v) is 6.97. The molecule has 1 fully saturated rings. The summed E-state index contributed by atoms with van der Waals surface area (Å²) < 4.78 is 11.2. The maximum Gasteiger partial charge on any atom is 0.141 e. The largest absolute Gasteiger partial charge is 0.495 e. The van der Waals surface area contributed by atoms with Crippen LogP contribution in [0.4, 0.5) is 5.69 Å². The SMILES string of the molecule is COc1ccc(C(C)(C)C)cc1NC1CCCCC1OC. The molecule has 0 bridgehead atoms. The molecule has 1 N–H and O–H groups in total. The topological polar surface area (TPSA) is 30.5 Å². The van der Waals surface area contributed by atoms with Gasteiger partial charge in [-0.1, -0.05) is 39.7 Å². The van der Waals surface area contributed by atoms with E-state index in [1.165, 1.54) is 18.4 Å². The Bertz CT molecular complexity index is 465. The number of nitrogens with one attached hydrogen (secondary N) is 1. The molecule has 0 amide bonds. The molecule has 1 aliphatic carbocycles. The highest BCUT2D eigenvalue weighted by atomic mass is 16.5. The fourth-order valence-corrected chi connectivity index (χ4v) is 3.03. The summed E-state index contributed by atoms with van der Waals surface area (Å²) in [5.74, 6) is 0.906. The van der Waals surface area contributed by atoms with Gasteiger partial charge in [0.25, 0.3) is 0 Å². The van der Waals surface area contributed by atoms with E-state index in [0.29, 0.717) is 12.1 Å². The number of hydrogen-bond acceptors (Lipinski definition) is 3. The van der Waals surface area contributed by atoms with Crippen LogP contribution in [0.3, 0.4) is 0 Å². The molecule has 21 heavy (non-hydrogen) atoms. The molecule has 3 nitrogen and oxygen atoms in total. The highest BCUT2D eigenvalue weighted by molar-refractivity contribution is 5.59. The second kappa shape index (κ2) is 6.69. The van der Waals surface area contributed by atoms with E-state index in [4.69, 9.17) is 9.47 Å². The quantitative estimate of drug-likeness (QED) is 0.894. The number of anilines is 1. The van der Waals surface area contributed by atoms with E-state index in [2.05, 4.69) is 44.3 Å².